The van der Waals surface area contributed by atoms with Gasteiger partial charge in [0, 0.05) is 13.1 Å². The average molecular weight is 391 g/mol. The van der Waals surface area contributed by atoms with Crippen molar-refractivity contribution in [1.82, 2.24) is 4.31 Å². The fraction of sp³-hybridized carbons (Fsp3) is 0.350. The van der Waals surface area contributed by atoms with Gasteiger partial charge in [0.25, 0.3) is 0 Å². The lowest BCUT2D eigenvalue weighted by molar-refractivity contribution is 0.0728. The summed E-state index contributed by atoms with van der Waals surface area (Å²) in [4.78, 5) is 12.6. The number of carbonyl (C=O) groups excluding carboxylic acids is 1. The Hall–Kier alpha value is -2.38. The standard InChI is InChI=1S/C20H25NO5S/c1-4-15-25-18-9-7-8-10-19(18)26-20(22)16-11-13-17(14-12-16)27(23,24)21(5-2)6-3/h7-14H,4-6,15H2,1-3H3. The van der Waals surface area contributed by atoms with Gasteiger partial charge in [-0.25, -0.2) is 13.2 Å². The molecule has 0 aromatic heterocycles. The second kappa shape index (κ2) is 9.53. The van der Waals surface area contributed by atoms with Crippen LogP contribution in [0.4, 0.5) is 0 Å². The van der Waals surface area contributed by atoms with Gasteiger partial charge in [-0.15, -0.1) is 0 Å². The number of ether oxygens (including phenoxy) is 2. The fourth-order valence-electron chi connectivity index (χ4n) is 2.50. The van der Waals surface area contributed by atoms with E-state index in [4.69, 9.17) is 9.47 Å². The summed E-state index contributed by atoms with van der Waals surface area (Å²) in [7, 11) is -3.56. The molecule has 2 aromatic carbocycles. The third-order valence-corrected chi connectivity index (χ3v) is 6.01. The number of esters is 1. The van der Waals surface area contributed by atoms with Crippen LogP contribution in [0.25, 0.3) is 0 Å². The van der Waals surface area contributed by atoms with Gasteiger partial charge >= 0.3 is 5.97 Å². The van der Waals surface area contributed by atoms with E-state index in [2.05, 4.69) is 0 Å². The summed E-state index contributed by atoms with van der Waals surface area (Å²) in [5.41, 5.74) is 0.263. The van der Waals surface area contributed by atoms with E-state index in [0.29, 0.717) is 31.2 Å². The Labute approximate surface area is 160 Å². The summed E-state index contributed by atoms with van der Waals surface area (Å²) in [6, 6.07) is 12.7. The second-order valence-corrected chi connectivity index (χ2v) is 7.74. The summed E-state index contributed by atoms with van der Waals surface area (Å²) in [5, 5.41) is 0. The third kappa shape index (κ3) is 5.08. The molecular formula is C20H25NO5S. The number of hydrogen-bond donors (Lipinski definition) is 0. The minimum absolute atomic E-state index is 0.148. The highest BCUT2D eigenvalue weighted by molar-refractivity contribution is 7.89. The van der Waals surface area contributed by atoms with Gasteiger partial charge in [-0.2, -0.15) is 4.31 Å². The molecule has 146 valence electrons. The molecule has 6 nitrogen and oxygen atoms in total. The number of sulfonamides is 1. The van der Waals surface area contributed by atoms with Crippen molar-refractivity contribution in [1.29, 1.82) is 0 Å². The molecule has 0 unspecified atom stereocenters. The number of hydrogen-bond acceptors (Lipinski definition) is 5. The van der Waals surface area contributed by atoms with Crippen LogP contribution >= 0.6 is 0 Å². The number of para-hydroxylation sites is 2. The molecule has 7 heteroatoms. The Morgan fingerprint density at radius 1 is 0.926 bits per heavy atom. The van der Waals surface area contributed by atoms with Gasteiger partial charge in [0.2, 0.25) is 10.0 Å². The van der Waals surface area contributed by atoms with Crippen LogP contribution in [0.15, 0.2) is 53.4 Å². The third-order valence-electron chi connectivity index (χ3n) is 3.95. The molecule has 0 bridgehead atoms. The normalized spacial score (nSPS) is 11.4. The lowest BCUT2D eigenvalue weighted by Gasteiger charge is -2.18. The van der Waals surface area contributed by atoms with Crippen molar-refractivity contribution in [2.24, 2.45) is 0 Å². The SMILES string of the molecule is CCCOc1ccccc1OC(=O)c1ccc(S(=O)(=O)N(CC)CC)cc1. The van der Waals surface area contributed by atoms with E-state index in [9.17, 15) is 13.2 Å². The zero-order chi connectivity index (χ0) is 19.9. The Balaban J connectivity index is 2.17. The number of nitrogens with zero attached hydrogens (tertiary/aromatic N) is 1. The van der Waals surface area contributed by atoms with Crippen molar-refractivity contribution in [3.05, 3.63) is 54.1 Å². The van der Waals surface area contributed by atoms with Gasteiger partial charge in [-0.05, 0) is 42.8 Å². The molecule has 0 aliphatic carbocycles. The van der Waals surface area contributed by atoms with Crippen molar-refractivity contribution >= 4 is 16.0 Å². The molecule has 0 spiro atoms. The van der Waals surface area contributed by atoms with E-state index in [1.807, 2.05) is 6.92 Å². The molecule has 0 atom stereocenters. The van der Waals surface area contributed by atoms with Crippen LogP contribution in [0, 0.1) is 0 Å². The predicted octanol–water partition coefficient (Wildman–Crippen LogP) is 3.73. The van der Waals surface area contributed by atoms with E-state index >= 15 is 0 Å². The minimum atomic E-state index is -3.56. The predicted molar refractivity (Wildman–Crippen MR) is 104 cm³/mol. The van der Waals surface area contributed by atoms with Crippen LogP contribution in [0.3, 0.4) is 0 Å². The number of rotatable bonds is 9. The molecule has 0 N–H and O–H groups in total. The van der Waals surface area contributed by atoms with Gasteiger partial charge < -0.3 is 9.47 Å². The molecular weight excluding hydrogens is 366 g/mol. The minimum Gasteiger partial charge on any atom is -0.490 e. The van der Waals surface area contributed by atoms with Crippen LogP contribution in [0.1, 0.15) is 37.6 Å². The molecule has 0 amide bonds. The molecule has 0 aliphatic rings. The smallest absolute Gasteiger partial charge is 0.343 e. The van der Waals surface area contributed by atoms with E-state index in [0.717, 1.165) is 6.42 Å². The van der Waals surface area contributed by atoms with Gasteiger partial charge in [0.05, 0.1) is 17.1 Å². The summed E-state index contributed by atoms with van der Waals surface area (Å²) < 4.78 is 37.4. The Kier molecular flexibility index (Phi) is 7.38. The Morgan fingerprint density at radius 3 is 2.07 bits per heavy atom. The number of carbonyl (C=O) groups is 1. The fourth-order valence-corrected chi connectivity index (χ4v) is 3.96. The maximum Gasteiger partial charge on any atom is 0.343 e. The van der Waals surface area contributed by atoms with Crippen molar-refractivity contribution in [2.75, 3.05) is 19.7 Å². The van der Waals surface area contributed by atoms with Gasteiger partial charge in [0.15, 0.2) is 11.5 Å². The van der Waals surface area contributed by atoms with Crippen LogP contribution in [0.2, 0.25) is 0 Å². The summed E-state index contributed by atoms with van der Waals surface area (Å²) in [5.74, 6) is 0.249. The van der Waals surface area contributed by atoms with Crippen LogP contribution in [-0.4, -0.2) is 38.4 Å². The lowest BCUT2D eigenvalue weighted by Crippen LogP contribution is -2.30. The molecule has 2 rings (SSSR count). The lowest BCUT2D eigenvalue weighted by atomic mass is 10.2. The molecule has 0 saturated carbocycles. The van der Waals surface area contributed by atoms with Crippen LogP contribution in [-0.2, 0) is 10.0 Å². The first kappa shape index (κ1) is 20.9. The quantitative estimate of drug-likeness (QED) is 0.481. The van der Waals surface area contributed by atoms with E-state index in [1.165, 1.54) is 28.6 Å². The van der Waals surface area contributed by atoms with Crippen molar-refractivity contribution in [3.8, 4) is 11.5 Å². The van der Waals surface area contributed by atoms with E-state index < -0.39 is 16.0 Å². The summed E-state index contributed by atoms with van der Waals surface area (Å²) >= 11 is 0. The maximum atomic E-state index is 12.5. The van der Waals surface area contributed by atoms with Crippen LogP contribution < -0.4 is 9.47 Å². The summed E-state index contributed by atoms with van der Waals surface area (Å²) in [6.45, 7) is 6.85. The zero-order valence-electron chi connectivity index (χ0n) is 15.8. The first-order valence-corrected chi connectivity index (χ1v) is 10.4. The molecule has 0 radical (unpaired) electrons. The van der Waals surface area contributed by atoms with Gasteiger partial charge in [-0.3, -0.25) is 0 Å². The molecule has 2 aromatic rings. The Bertz CT molecular complexity index is 858. The summed E-state index contributed by atoms with van der Waals surface area (Å²) in [6.07, 6.45) is 0.838. The van der Waals surface area contributed by atoms with E-state index in [1.54, 1.807) is 38.1 Å². The topological polar surface area (TPSA) is 72.9 Å². The average Bonchev–Trinajstić information content (AvgIpc) is 2.68. The second-order valence-electron chi connectivity index (χ2n) is 5.80. The monoisotopic (exact) mass is 391 g/mol. The van der Waals surface area contributed by atoms with E-state index in [-0.39, 0.29) is 10.5 Å². The van der Waals surface area contributed by atoms with Crippen molar-refractivity contribution in [2.45, 2.75) is 32.1 Å². The van der Waals surface area contributed by atoms with Crippen molar-refractivity contribution in [3.63, 3.8) is 0 Å². The largest absolute Gasteiger partial charge is 0.490 e. The molecule has 0 fully saturated rings. The molecule has 0 aliphatic heterocycles. The molecule has 0 saturated heterocycles. The highest BCUT2D eigenvalue weighted by Gasteiger charge is 2.22. The first-order chi connectivity index (χ1) is 12.9. The maximum absolute atomic E-state index is 12.5. The van der Waals surface area contributed by atoms with Gasteiger partial charge in [0.1, 0.15) is 0 Å². The van der Waals surface area contributed by atoms with Gasteiger partial charge in [-0.1, -0.05) is 32.9 Å². The highest BCUT2D eigenvalue weighted by Crippen LogP contribution is 2.27. The van der Waals surface area contributed by atoms with Crippen LogP contribution in [0.5, 0.6) is 11.5 Å². The first-order valence-electron chi connectivity index (χ1n) is 8.98. The molecule has 0 heterocycles. The number of benzene rings is 2. The highest BCUT2D eigenvalue weighted by atomic mass is 32.2. The van der Waals surface area contributed by atoms with Crippen molar-refractivity contribution < 1.29 is 22.7 Å². The molecule has 27 heavy (non-hydrogen) atoms. The zero-order valence-corrected chi connectivity index (χ0v) is 16.7. The Morgan fingerprint density at radius 2 is 1.52 bits per heavy atom.